The maximum Gasteiger partial charge on any atom is 0.274 e. The van der Waals surface area contributed by atoms with Crippen molar-refractivity contribution in [3.63, 3.8) is 0 Å². The minimum absolute atomic E-state index is 0.0591. The predicted molar refractivity (Wildman–Crippen MR) is 99.0 cm³/mol. The maximum absolute atomic E-state index is 13.1. The summed E-state index contributed by atoms with van der Waals surface area (Å²) in [5.41, 5.74) is 1.87. The Hall–Kier alpha value is -2.93. The van der Waals surface area contributed by atoms with Crippen LogP contribution < -0.4 is 0 Å². The summed E-state index contributed by atoms with van der Waals surface area (Å²) in [5.74, 6) is 1.32. The first kappa shape index (κ1) is 17.5. The highest BCUT2D eigenvalue weighted by Gasteiger charge is 2.25. The highest BCUT2D eigenvalue weighted by Crippen LogP contribution is 2.22. The van der Waals surface area contributed by atoms with E-state index in [-0.39, 0.29) is 12.0 Å². The van der Waals surface area contributed by atoms with Crippen LogP contribution in [0.2, 0.25) is 0 Å². The molecule has 0 aliphatic carbocycles. The summed E-state index contributed by atoms with van der Waals surface area (Å²) < 4.78 is 11.3. The number of carbonyl (C=O) groups excluding carboxylic acids is 1. The number of H-pyrrole nitrogens is 1. The van der Waals surface area contributed by atoms with Crippen LogP contribution in [0.4, 0.5) is 0 Å². The van der Waals surface area contributed by atoms with Crippen molar-refractivity contribution in [1.82, 2.24) is 20.1 Å². The molecule has 1 N–H and O–H groups in total. The molecule has 0 unspecified atom stereocenters. The Morgan fingerprint density at radius 2 is 2.26 bits per heavy atom. The summed E-state index contributed by atoms with van der Waals surface area (Å²) >= 11 is 0. The molecule has 3 aromatic rings. The number of amides is 1. The number of aromatic amines is 1. The number of aryl methyl sites for hydroxylation is 1. The molecule has 1 atom stereocenters. The largest absolute Gasteiger partial charge is 0.460 e. The summed E-state index contributed by atoms with van der Waals surface area (Å²) in [6.07, 6.45) is 3.78. The van der Waals surface area contributed by atoms with Gasteiger partial charge in [0.15, 0.2) is 11.5 Å². The fraction of sp³-hybridized carbons (Fsp3) is 0.350. The zero-order chi connectivity index (χ0) is 18.6. The van der Waals surface area contributed by atoms with Crippen molar-refractivity contribution in [1.29, 1.82) is 0 Å². The van der Waals surface area contributed by atoms with E-state index >= 15 is 0 Å². The number of ether oxygens (including phenoxy) is 1. The van der Waals surface area contributed by atoms with Crippen molar-refractivity contribution in [3.8, 4) is 11.5 Å². The molecule has 0 radical (unpaired) electrons. The van der Waals surface area contributed by atoms with Crippen molar-refractivity contribution in [2.24, 2.45) is 0 Å². The first-order chi connectivity index (χ1) is 13.2. The predicted octanol–water partition coefficient (Wildman–Crippen LogP) is 3.19. The number of pyridine rings is 1. The van der Waals surface area contributed by atoms with E-state index in [0.717, 1.165) is 30.9 Å². The van der Waals surface area contributed by atoms with E-state index in [0.29, 0.717) is 30.2 Å². The second kappa shape index (κ2) is 7.75. The molecule has 7 heteroatoms. The van der Waals surface area contributed by atoms with E-state index < -0.39 is 0 Å². The molecule has 1 amide bonds. The number of carbonyl (C=O) groups is 1. The monoisotopic (exact) mass is 366 g/mol. The first-order valence-electron chi connectivity index (χ1n) is 9.12. The van der Waals surface area contributed by atoms with Gasteiger partial charge in [0.05, 0.1) is 18.3 Å². The van der Waals surface area contributed by atoms with Crippen LogP contribution in [0, 0.1) is 6.92 Å². The number of rotatable bonds is 6. The molecular weight excluding hydrogens is 344 g/mol. The lowest BCUT2D eigenvalue weighted by molar-refractivity contribution is 0.0500. The van der Waals surface area contributed by atoms with E-state index in [2.05, 4.69) is 15.2 Å². The minimum Gasteiger partial charge on any atom is -0.460 e. The number of nitrogens with zero attached hydrogens (tertiary/aromatic N) is 3. The molecule has 1 fully saturated rings. The molecule has 0 aromatic carbocycles. The van der Waals surface area contributed by atoms with Gasteiger partial charge in [0, 0.05) is 25.4 Å². The van der Waals surface area contributed by atoms with Gasteiger partial charge in [-0.15, -0.1) is 0 Å². The summed E-state index contributed by atoms with van der Waals surface area (Å²) in [4.78, 5) is 19.2. The molecule has 7 nitrogen and oxygen atoms in total. The summed E-state index contributed by atoms with van der Waals surface area (Å²) in [6, 6.07) is 11.2. The molecule has 4 heterocycles. The standard InChI is InChI=1S/C20H22N4O3/c1-14-7-8-19(27-14)17-11-18(23-22-17)20(25)24(13-16-6-4-10-26-16)12-15-5-2-3-9-21-15/h2-3,5,7-9,11,16H,4,6,10,12-13H2,1H3,(H,22,23)/t16-/m0/s1. The topological polar surface area (TPSA) is 84.3 Å². The van der Waals surface area contributed by atoms with Gasteiger partial charge in [-0.25, -0.2) is 0 Å². The average molecular weight is 366 g/mol. The number of aromatic nitrogens is 3. The van der Waals surface area contributed by atoms with Crippen LogP contribution in [0.1, 0.15) is 34.8 Å². The van der Waals surface area contributed by atoms with Crippen molar-refractivity contribution >= 4 is 5.91 Å². The van der Waals surface area contributed by atoms with Gasteiger partial charge in [-0.1, -0.05) is 6.07 Å². The zero-order valence-electron chi connectivity index (χ0n) is 15.2. The van der Waals surface area contributed by atoms with Gasteiger partial charge in [0.2, 0.25) is 0 Å². The molecule has 0 spiro atoms. The Morgan fingerprint density at radius 1 is 1.33 bits per heavy atom. The van der Waals surface area contributed by atoms with E-state index in [1.54, 1.807) is 17.2 Å². The van der Waals surface area contributed by atoms with Crippen molar-refractivity contribution in [2.75, 3.05) is 13.2 Å². The van der Waals surface area contributed by atoms with Gasteiger partial charge in [-0.3, -0.25) is 14.9 Å². The van der Waals surface area contributed by atoms with Gasteiger partial charge in [-0.05, 0) is 44.0 Å². The van der Waals surface area contributed by atoms with E-state index in [4.69, 9.17) is 9.15 Å². The van der Waals surface area contributed by atoms with Crippen LogP contribution in [0.5, 0.6) is 0 Å². The SMILES string of the molecule is Cc1ccc(-c2cc(C(=O)N(Cc3ccccn3)C[C@@H]3CCCO3)n[nH]2)o1. The van der Waals surface area contributed by atoms with Crippen LogP contribution in [0.3, 0.4) is 0 Å². The molecule has 0 bridgehead atoms. The van der Waals surface area contributed by atoms with Crippen molar-refractivity contribution in [3.05, 3.63) is 59.7 Å². The third-order valence-electron chi connectivity index (χ3n) is 4.62. The van der Waals surface area contributed by atoms with Crippen LogP contribution in [0.15, 0.2) is 47.0 Å². The summed E-state index contributed by atoms with van der Waals surface area (Å²) in [5, 5.41) is 7.09. The summed E-state index contributed by atoms with van der Waals surface area (Å²) in [6.45, 7) is 3.57. The van der Waals surface area contributed by atoms with Gasteiger partial charge in [0.25, 0.3) is 5.91 Å². The maximum atomic E-state index is 13.1. The Balaban J connectivity index is 1.54. The number of furan rings is 1. The van der Waals surface area contributed by atoms with E-state index in [9.17, 15) is 4.79 Å². The quantitative estimate of drug-likeness (QED) is 0.724. The fourth-order valence-corrected chi connectivity index (χ4v) is 3.24. The van der Waals surface area contributed by atoms with Gasteiger partial charge >= 0.3 is 0 Å². The van der Waals surface area contributed by atoms with Crippen molar-refractivity contribution < 1.29 is 13.9 Å². The molecule has 27 heavy (non-hydrogen) atoms. The Labute approximate surface area is 157 Å². The van der Waals surface area contributed by atoms with Crippen LogP contribution in [0.25, 0.3) is 11.5 Å². The zero-order valence-corrected chi connectivity index (χ0v) is 15.2. The van der Waals surface area contributed by atoms with E-state index in [1.807, 2.05) is 37.3 Å². The molecule has 1 aliphatic rings. The average Bonchev–Trinajstić information content (AvgIpc) is 3.43. The van der Waals surface area contributed by atoms with Crippen molar-refractivity contribution in [2.45, 2.75) is 32.4 Å². The van der Waals surface area contributed by atoms with Crippen LogP contribution in [-0.4, -0.2) is 45.2 Å². The Kier molecular flexibility index (Phi) is 5.02. The molecule has 1 aliphatic heterocycles. The highest BCUT2D eigenvalue weighted by atomic mass is 16.5. The third kappa shape index (κ3) is 4.09. The molecule has 140 valence electrons. The first-order valence-corrected chi connectivity index (χ1v) is 9.12. The van der Waals surface area contributed by atoms with E-state index in [1.165, 1.54) is 0 Å². The smallest absolute Gasteiger partial charge is 0.274 e. The lowest BCUT2D eigenvalue weighted by Gasteiger charge is -2.24. The highest BCUT2D eigenvalue weighted by molar-refractivity contribution is 5.93. The lowest BCUT2D eigenvalue weighted by Crippen LogP contribution is -2.37. The number of hydrogen-bond acceptors (Lipinski definition) is 5. The minimum atomic E-state index is -0.151. The number of nitrogens with one attached hydrogen (secondary N) is 1. The normalized spacial score (nSPS) is 16.6. The summed E-state index contributed by atoms with van der Waals surface area (Å²) in [7, 11) is 0. The van der Waals surface area contributed by atoms with Gasteiger partial charge in [0.1, 0.15) is 11.5 Å². The Morgan fingerprint density at radius 3 is 2.96 bits per heavy atom. The van der Waals surface area contributed by atoms with Gasteiger partial charge < -0.3 is 14.1 Å². The molecule has 1 saturated heterocycles. The van der Waals surface area contributed by atoms with Crippen LogP contribution in [-0.2, 0) is 11.3 Å². The number of hydrogen-bond donors (Lipinski definition) is 1. The Bertz CT molecular complexity index is 897. The fourth-order valence-electron chi connectivity index (χ4n) is 3.24. The second-order valence-corrected chi connectivity index (χ2v) is 6.72. The van der Waals surface area contributed by atoms with Gasteiger partial charge in [-0.2, -0.15) is 5.10 Å². The van der Waals surface area contributed by atoms with Crippen LogP contribution >= 0.6 is 0 Å². The molecule has 4 rings (SSSR count). The molecule has 0 saturated carbocycles. The lowest BCUT2D eigenvalue weighted by atomic mass is 10.2. The second-order valence-electron chi connectivity index (χ2n) is 6.72. The third-order valence-corrected chi connectivity index (χ3v) is 4.62. The molecular formula is C20H22N4O3. The molecule has 3 aromatic heterocycles.